The number of phenolic OH excluding ortho intramolecular Hbond substituents is 1. The monoisotopic (exact) mass is 472 g/mol. The normalized spacial score (nSPS) is 13.5. The third-order valence-corrected chi connectivity index (χ3v) is 5.24. The number of carboxylic acids is 1. The van der Waals surface area contributed by atoms with Crippen molar-refractivity contribution in [1.29, 1.82) is 0 Å². The predicted octanol–water partition coefficient (Wildman–Crippen LogP) is -0.885. The molecule has 3 unspecified atom stereocenters. The van der Waals surface area contributed by atoms with Crippen LogP contribution in [0.15, 0.2) is 24.3 Å². The Kier molecular flexibility index (Phi) is 11.8. The highest BCUT2D eigenvalue weighted by Gasteiger charge is 2.28. The van der Waals surface area contributed by atoms with Crippen molar-refractivity contribution >= 4 is 48.1 Å². The zero-order valence-electron chi connectivity index (χ0n) is 17.0. The van der Waals surface area contributed by atoms with Gasteiger partial charge in [-0.15, -0.1) is 0 Å². The quantitative estimate of drug-likeness (QED) is 0.181. The number of nitrogens with one attached hydrogen (secondary N) is 3. The first-order chi connectivity index (χ1) is 14.7. The number of hydrogen-bond donors (Lipinski definition) is 7. The van der Waals surface area contributed by atoms with E-state index in [2.05, 4.69) is 28.6 Å². The molecular weight excluding hydrogens is 444 g/mol. The second-order valence-electron chi connectivity index (χ2n) is 6.68. The van der Waals surface area contributed by atoms with Crippen molar-refractivity contribution in [2.24, 2.45) is 5.73 Å². The van der Waals surface area contributed by atoms with E-state index in [0.717, 1.165) is 0 Å². The summed E-state index contributed by atoms with van der Waals surface area (Å²) < 4.78 is 0. The first-order valence-electron chi connectivity index (χ1n) is 9.41. The molecule has 7 N–H and O–H groups in total. The molecule has 0 heterocycles. The number of amides is 3. The first kappa shape index (κ1) is 26.6. The molecule has 0 saturated carbocycles. The standard InChI is InChI=1S/C19H28N4O6S2/c1-31-7-6-14(18(28)21-9-16(25)26)22-19(29)15(23-17(27)13(20)10-30)8-11-2-4-12(24)5-3-11/h2-5,13-15,24,30H,6-10,20H2,1H3,(H,21,28)(H,22,29)(H,23,27)(H,25,26). The van der Waals surface area contributed by atoms with Crippen molar-refractivity contribution in [1.82, 2.24) is 16.0 Å². The van der Waals surface area contributed by atoms with Crippen molar-refractivity contribution in [2.45, 2.75) is 31.0 Å². The topological polar surface area (TPSA) is 171 Å². The number of carbonyl (C=O) groups is 4. The van der Waals surface area contributed by atoms with Gasteiger partial charge in [0.05, 0.1) is 6.04 Å². The summed E-state index contributed by atoms with van der Waals surface area (Å²) in [4.78, 5) is 48.3. The van der Waals surface area contributed by atoms with Crippen LogP contribution in [-0.4, -0.2) is 76.3 Å². The molecule has 12 heteroatoms. The van der Waals surface area contributed by atoms with Crippen LogP contribution in [0.4, 0.5) is 0 Å². The number of thioether (sulfide) groups is 1. The van der Waals surface area contributed by atoms with Gasteiger partial charge in [-0.2, -0.15) is 24.4 Å². The molecule has 172 valence electrons. The Morgan fingerprint density at radius 3 is 2.23 bits per heavy atom. The van der Waals surface area contributed by atoms with Crippen LogP contribution in [0.25, 0.3) is 0 Å². The lowest BCUT2D eigenvalue weighted by Gasteiger charge is -2.24. The minimum atomic E-state index is -1.21. The molecule has 0 bridgehead atoms. The van der Waals surface area contributed by atoms with Gasteiger partial charge in [0.25, 0.3) is 0 Å². The highest BCUT2D eigenvalue weighted by Crippen LogP contribution is 2.12. The van der Waals surface area contributed by atoms with E-state index in [-0.39, 0.29) is 24.3 Å². The second-order valence-corrected chi connectivity index (χ2v) is 8.03. The molecule has 0 aliphatic rings. The number of thiol groups is 1. The largest absolute Gasteiger partial charge is 0.508 e. The van der Waals surface area contributed by atoms with Crippen LogP contribution in [0.1, 0.15) is 12.0 Å². The predicted molar refractivity (Wildman–Crippen MR) is 121 cm³/mol. The zero-order valence-corrected chi connectivity index (χ0v) is 18.7. The summed E-state index contributed by atoms with van der Waals surface area (Å²) in [5.41, 5.74) is 6.35. The molecule has 1 rings (SSSR count). The zero-order chi connectivity index (χ0) is 23.4. The van der Waals surface area contributed by atoms with Gasteiger partial charge in [-0.3, -0.25) is 19.2 Å². The van der Waals surface area contributed by atoms with Crippen LogP contribution in [0.5, 0.6) is 5.75 Å². The molecule has 0 spiro atoms. The average Bonchev–Trinajstić information content (AvgIpc) is 2.74. The minimum absolute atomic E-state index is 0.0538. The molecule has 0 aromatic heterocycles. The van der Waals surface area contributed by atoms with Gasteiger partial charge >= 0.3 is 5.97 Å². The number of carbonyl (C=O) groups excluding carboxylic acids is 3. The van der Waals surface area contributed by atoms with E-state index >= 15 is 0 Å². The number of rotatable bonds is 13. The van der Waals surface area contributed by atoms with Gasteiger partial charge in [0.1, 0.15) is 24.4 Å². The minimum Gasteiger partial charge on any atom is -0.508 e. The molecule has 1 aromatic rings. The van der Waals surface area contributed by atoms with Crippen LogP contribution < -0.4 is 21.7 Å². The molecule has 1 aromatic carbocycles. The van der Waals surface area contributed by atoms with Crippen LogP contribution in [0.3, 0.4) is 0 Å². The number of aliphatic carboxylic acids is 1. The Morgan fingerprint density at radius 1 is 1.06 bits per heavy atom. The summed E-state index contributed by atoms with van der Waals surface area (Å²) in [5, 5.41) is 25.6. The molecule has 0 saturated heterocycles. The average molecular weight is 473 g/mol. The Labute approximate surface area is 190 Å². The summed E-state index contributed by atoms with van der Waals surface area (Å²) >= 11 is 5.45. The van der Waals surface area contributed by atoms with Crippen LogP contribution in [0, 0.1) is 0 Å². The SMILES string of the molecule is CSCCC(NC(=O)C(Cc1ccc(O)cc1)NC(=O)C(N)CS)C(=O)NCC(=O)O. The highest BCUT2D eigenvalue weighted by atomic mass is 32.2. The Balaban J connectivity index is 2.99. The van der Waals surface area contributed by atoms with E-state index in [1.807, 2.05) is 6.26 Å². The van der Waals surface area contributed by atoms with Gasteiger partial charge in [-0.1, -0.05) is 12.1 Å². The summed E-state index contributed by atoms with van der Waals surface area (Å²) in [5.74, 6) is -2.36. The van der Waals surface area contributed by atoms with E-state index in [9.17, 15) is 24.3 Å². The molecule has 0 fully saturated rings. The first-order valence-corrected chi connectivity index (χ1v) is 11.4. The maximum absolute atomic E-state index is 12.9. The lowest BCUT2D eigenvalue weighted by Crippen LogP contribution is -2.57. The van der Waals surface area contributed by atoms with Crippen molar-refractivity contribution in [2.75, 3.05) is 24.3 Å². The smallest absolute Gasteiger partial charge is 0.322 e. The number of nitrogens with two attached hydrogens (primary N) is 1. The van der Waals surface area contributed by atoms with Crippen LogP contribution >= 0.6 is 24.4 Å². The van der Waals surface area contributed by atoms with Gasteiger partial charge in [0, 0.05) is 12.2 Å². The number of carboxylic acid groups (broad SMARTS) is 1. The lowest BCUT2D eigenvalue weighted by molar-refractivity contribution is -0.138. The summed E-state index contributed by atoms with van der Waals surface area (Å²) in [6.45, 7) is -0.574. The molecule has 0 radical (unpaired) electrons. The highest BCUT2D eigenvalue weighted by molar-refractivity contribution is 7.98. The molecule has 31 heavy (non-hydrogen) atoms. The Bertz CT molecular complexity index is 762. The van der Waals surface area contributed by atoms with Crippen molar-refractivity contribution in [3.63, 3.8) is 0 Å². The van der Waals surface area contributed by atoms with Crippen molar-refractivity contribution < 1.29 is 29.4 Å². The summed E-state index contributed by atoms with van der Waals surface area (Å²) in [6.07, 6.45) is 2.19. The van der Waals surface area contributed by atoms with E-state index in [1.165, 1.54) is 23.9 Å². The Hall–Kier alpha value is -2.44. The number of aromatic hydroxyl groups is 1. The summed E-state index contributed by atoms with van der Waals surface area (Å²) in [6, 6.07) is 3.16. The van der Waals surface area contributed by atoms with Crippen LogP contribution in [0.2, 0.25) is 0 Å². The van der Waals surface area contributed by atoms with E-state index in [1.54, 1.807) is 12.1 Å². The number of phenols is 1. The van der Waals surface area contributed by atoms with Gasteiger partial charge in [0.15, 0.2) is 0 Å². The molecule has 0 aliphatic carbocycles. The van der Waals surface area contributed by atoms with Crippen LogP contribution in [-0.2, 0) is 25.6 Å². The van der Waals surface area contributed by atoms with Gasteiger partial charge in [0.2, 0.25) is 17.7 Å². The number of benzene rings is 1. The molecule has 3 amide bonds. The number of hydrogen-bond acceptors (Lipinski definition) is 8. The van der Waals surface area contributed by atoms with Gasteiger partial charge < -0.3 is 31.9 Å². The summed E-state index contributed by atoms with van der Waals surface area (Å²) in [7, 11) is 0. The fraction of sp³-hybridized carbons (Fsp3) is 0.474. The van der Waals surface area contributed by atoms with E-state index in [4.69, 9.17) is 10.8 Å². The second kappa shape index (κ2) is 13.8. The fourth-order valence-electron chi connectivity index (χ4n) is 2.50. The van der Waals surface area contributed by atoms with Gasteiger partial charge in [-0.25, -0.2) is 0 Å². The van der Waals surface area contributed by atoms with E-state index < -0.39 is 48.4 Å². The van der Waals surface area contributed by atoms with Crippen molar-refractivity contribution in [3.05, 3.63) is 29.8 Å². The lowest BCUT2D eigenvalue weighted by atomic mass is 10.0. The maximum Gasteiger partial charge on any atom is 0.322 e. The fourth-order valence-corrected chi connectivity index (χ4v) is 3.14. The van der Waals surface area contributed by atoms with Crippen molar-refractivity contribution in [3.8, 4) is 5.75 Å². The van der Waals surface area contributed by atoms with E-state index in [0.29, 0.717) is 11.3 Å². The molecular formula is C19H28N4O6S2. The molecule has 10 nitrogen and oxygen atoms in total. The third-order valence-electron chi connectivity index (χ3n) is 4.20. The molecule has 0 aliphatic heterocycles. The maximum atomic E-state index is 12.9. The third kappa shape index (κ3) is 9.94. The van der Waals surface area contributed by atoms with Gasteiger partial charge in [-0.05, 0) is 36.1 Å². The Morgan fingerprint density at radius 2 is 1.68 bits per heavy atom. The molecule has 3 atom stereocenters.